The van der Waals surface area contributed by atoms with Crippen LogP contribution in [-0.2, 0) is 0 Å². The average molecular weight is 258 g/mol. The molecule has 0 N–H and O–H groups in total. The van der Waals surface area contributed by atoms with Gasteiger partial charge in [0.05, 0.1) is 0 Å². The van der Waals surface area contributed by atoms with E-state index in [1.807, 2.05) is 0 Å². The third-order valence-corrected chi connectivity index (χ3v) is 4.81. The number of hydrogen-bond donors (Lipinski definition) is 0. The van der Waals surface area contributed by atoms with Gasteiger partial charge >= 0.3 is 0 Å². The summed E-state index contributed by atoms with van der Waals surface area (Å²) in [5.41, 5.74) is 0. The Kier molecular flexibility index (Phi) is 5.68. The highest BCUT2D eigenvalue weighted by Gasteiger charge is 1.99. The monoisotopic (exact) mass is 258 g/mol. The lowest BCUT2D eigenvalue weighted by atomic mass is 10.1. The molecule has 0 spiro atoms. The molecule has 0 fully saturated rings. The van der Waals surface area contributed by atoms with Crippen LogP contribution in [0, 0.1) is 0 Å². The van der Waals surface area contributed by atoms with E-state index in [1.54, 1.807) is 5.30 Å². The maximum absolute atomic E-state index is 2.30. The minimum atomic E-state index is 0.970. The minimum Gasteiger partial charge on any atom is -0.0897 e. The summed E-state index contributed by atoms with van der Waals surface area (Å²) in [6.45, 7) is 2.28. The first-order valence-corrected chi connectivity index (χ1v) is 8.34. The largest absolute Gasteiger partial charge is 0.0897 e. The number of rotatable bonds is 7. The predicted molar refractivity (Wildman–Crippen MR) is 85.5 cm³/mol. The molecule has 1 unspecified atom stereocenters. The number of hydrogen-bond acceptors (Lipinski definition) is 0. The maximum atomic E-state index is 2.30. The van der Waals surface area contributed by atoms with E-state index in [0.717, 1.165) is 8.58 Å². The SMILES string of the molecule is CCCCCCCPc1cccc2ccccc12. The van der Waals surface area contributed by atoms with Gasteiger partial charge in [-0.05, 0) is 28.7 Å². The molecule has 1 heteroatoms. The van der Waals surface area contributed by atoms with Gasteiger partial charge in [-0.1, -0.05) is 83.7 Å². The lowest BCUT2D eigenvalue weighted by Gasteiger charge is -2.06. The molecule has 0 aromatic heterocycles. The van der Waals surface area contributed by atoms with Crippen LogP contribution >= 0.6 is 8.58 Å². The average Bonchev–Trinajstić information content (AvgIpc) is 2.43. The van der Waals surface area contributed by atoms with Gasteiger partial charge in [0.25, 0.3) is 0 Å². The Hall–Kier alpha value is -0.870. The van der Waals surface area contributed by atoms with Gasteiger partial charge in [0, 0.05) is 0 Å². The van der Waals surface area contributed by atoms with Crippen molar-refractivity contribution in [3.8, 4) is 0 Å². The molecule has 0 aliphatic carbocycles. The van der Waals surface area contributed by atoms with Crippen molar-refractivity contribution in [1.82, 2.24) is 0 Å². The summed E-state index contributed by atoms with van der Waals surface area (Å²) in [6, 6.07) is 15.5. The van der Waals surface area contributed by atoms with E-state index in [1.165, 1.54) is 49.0 Å². The Balaban J connectivity index is 1.88. The second-order valence-electron chi connectivity index (χ2n) is 4.87. The molecule has 0 amide bonds. The smallest absolute Gasteiger partial charge is 0.0110 e. The van der Waals surface area contributed by atoms with Gasteiger partial charge < -0.3 is 0 Å². The van der Waals surface area contributed by atoms with Crippen LogP contribution in [0.1, 0.15) is 39.0 Å². The minimum absolute atomic E-state index is 0.970. The van der Waals surface area contributed by atoms with Crippen molar-refractivity contribution >= 4 is 24.7 Å². The van der Waals surface area contributed by atoms with Crippen molar-refractivity contribution in [2.45, 2.75) is 39.0 Å². The van der Waals surface area contributed by atoms with Gasteiger partial charge in [-0.2, -0.15) is 0 Å². The molecule has 0 saturated heterocycles. The van der Waals surface area contributed by atoms with E-state index >= 15 is 0 Å². The highest BCUT2D eigenvalue weighted by Crippen LogP contribution is 2.21. The fraction of sp³-hybridized carbons (Fsp3) is 0.412. The molecule has 0 radical (unpaired) electrons. The summed E-state index contributed by atoms with van der Waals surface area (Å²) in [4.78, 5) is 0. The second-order valence-corrected chi connectivity index (χ2v) is 6.26. The van der Waals surface area contributed by atoms with Crippen LogP contribution in [-0.4, -0.2) is 6.16 Å². The Morgan fingerprint density at radius 2 is 1.61 bits per heavy atom. The summed E-state index contributed by atoms with van der Waals surface area (Å²) >= 11 is 0. The zero-order valence-electron chi connectivity index (χ0n) is 11.3. The molecule has 0 bridgehead atoms. The Morgan fingerprint density at radius 3 is 2.50 bits per heavy atom. The molecule has 2 aromatic rings. The van der Waals surface area contributed by atoms with Gasteiger partial charge in [-0.15, -0.1) is 0 Å². The number of benzene rings is 2. The van der Waals surface area contributed by atoms with Crippen LogP contribution < -0.4 is 5.30 Å². The fourth-order valence-electron chi connectivity index (χ4n) is 2.33. The molecule has 0 nitrogen and oxygen atoms in total. The number of unbranched alkanes of at least 4 members (excludes halogenated alkanes) is 4. The van der Waals surface area contributed by atoms with E-state index in [4.69, 9.17) is 0 Å². The van der Waals surface area contributed by atoms with Crippen LogP contribution in [0.4, 0.5) is 0 Å². The van der Waals surface area contributed by atoms with Crippen molar-refractivity contribution < 1.29 is 0 Å². The van der Waals surface area contributed by atoms with Gasteiger partial charge in [-0.25, -0.2) is 0 Å². The van der Waals surface area contributed by atoms with Crippen molar-refractivity contribution in [2.24, 2.45) is 0 Å². The van der Waals surface area contributed by atoms with Crippen LogP contribution in [0.25, 0.3) is 10.8 Å². The normalized spacial score (nSPS) is 11.6. The van der Waals surface area contributed by atoms with Crippen LogP contribution in [0.2, 0.25) is 0 Å². The van der Waals surface area contributed by atoms with Crippen molar-refractivity contribution in [2.75, 3.05) is 6.16 Å². The quantitative estimate of drug-likeness (QED) is 0.478. The molecule has 0 heterocycles. The summed E-state index contributed by atoms with van der Waals surface area (Å²) < 4.78 is 0. The van der Waals surface area contributed by atoms with Crippen LogP contribution in [0.3, 0.4) is 0 Å². The van der Waals surface area contributed by atoms with Gasteiger partial charge in [0.2, 0.25) is 0 Å². The molecular weight excluding hydrogens is 235 g/mol. The first kappa shape index (κ1) is 13.6. The van der Waals surface area contributed by atoms with E-state index in [9.17, 15) is 0 Å². The van der Waals surface area contributed by atoms with Crippen LogP contribution in [0.5, 0.6) is 0 Å². The molecule has 96 valence electrons. The van der Waals surface area contributed by atoms with Crippen molar-refractivity contribution in [1.29, 1.82) is 0 Å². The van der Waals surface area contributed by atoms with E-state index in [0.29, 0.717) is 0 Å². The third-order valence-electron chi connectivity index (χ3n) is 3.39. The molecule has 1 atom stereocenters. The van der Waals surface area contributed by atoms with Gasteiger partial charge in [-0.3, -0.25) is 0 Å². The lowest BCUT2D eigenvalue weighted by Crippen LogP contribution is -1.97. The topological polar surface area (TPSA) is 0 Å². The van der Waals surface area contributed by atoms with Gasteiger partial charge in [0.15, 0.2) is 0 Å². The molecule has 0 saturated carbocycles. The highest BCUT2D eigenvalue weighted by molar-refractivity contribution is 7.47. The highest BCUT2D eigenvalue weighted by atomic mass is 31.1. The van der Waals surface area contributed by atoms with Crippen molar-refractivity contribution in [3.05, 3.63) is 42.5 Å². The zero-order valence-corrected chi connectivity index (χ0v) is 12.3. The van der Waals surface area contributed by atoms with Gasteiger partial charge in [0.1, 0.15) is 0 Å². The molecule has 0 aliphatic heterocycles. The Morgan fingerprint density at radius 1 is 0.833 bits per heavy atom. The maximum Gasteiger partial charge on any atom is -0.0110 e. The van der Waals surface area contributed by atoms with E-state index in [2.05, 4.69) is 49.4 Å². The Labute approximate surface area is 113 Å². The first-order valence-electron chi connectivity index (χ1n) is 7.13. The molecular formula is C17H23P. The number of fused-ring (bicyclic) bond motifs is 1. The Bertz CT molecular complexity index is 470. The third kappa shape index (κ3) is 3.82. The summed E-state index contributed by atoms with van der Waals surface area (Å²) in [7, 11) is 0.970. The molecule has 18 heavy (non-hydrogen) atoms. The molecule has 2 rings (SSSR count). The first-order chi connectivity index (χ1) is 8.92. The zero-order chi connectivity index (χ0) is 12.6. The summed E-state index contributed by atoms with van der Waals surface area (Å²) in [5.74, 6) is 0. The lowest BCUT2D eigenvalue weighted by molar-refractivity contribution is 0.659. The summed E-state index contributed by atoms with van der Waals surface area (Å²) in [6.07, 6.45) is 8.31. The van der Waals surface area contributed by atoms with E-state index < -0.39 is 0 Å². The standard InChI is InChI=1S/C17H23P/c1-2-3-4-5-8-14-18-17-13-9-11-15-10-6-7-12-16(15)17/h6-7,9-13,18H,2-5,8,14H2,1H3. The molecule has 0 aliphatic rings. The van der Waals surface area contributed by atoms with Crippen molar-refractivity contribution in [3.63, 3.8) is 0 Å². The predicted octanol–water partition coefficient (Wildman–Crippen LogP) is 5.11. The van der Waals surface area contributed by atoms with Crippen LogP contribution in [0.15, 0.2) is 42.5 Å². The van der Waals surface area contributed by atoms with E-state index in [-0.39, 0.29) is 0 Å². The second kappa shape index (κ2) is 7.54. The molecule has 2 aromatic carbocycles. The summed E-state index contributed by atoms with van der Waals surface area (Å²) in [5, 5.41) is 4.38. The fourth-order valence-corrected chi connectivity index (χ4v) is 3.66.